The van der Waals surface area contributed by atoms with Gasteiger partial charge in [-0.25, -0.2) is 4.79 Å². The van der Waals surface area contributed by atoms with E-state index in [-0.39, 0.29) is 11.7 Å². The van der Waals surface area contributed by atoms with Crippen molar-refractivity contribution in [2.75, 3.05) is 18.2 Å². The van der Waals surface area contributed by atoms with Gasteiger partial charge in [0.25, 0.3) is 0 Å². The van der Waals surface area contributed by atoms with Crippen LogP contribution in [0.5, 0.6) is 0 Å². The zero-order valence-electron chi connectivity index (χ0n) is 19.7. The van der Waals surface area contributed by atoms with Crippen LogP contribution in [0.3, 0.4) is 0 Å². The third kappa shape index (κ3) is 6.61. The first-order chi connectivity index (χ1) is 17.9. The Hall–Kier alpha value is -3.11. The summed E-state index contributed by atoms with van der Waals surface area (Å²) in [4.78, 5) is 25.4. The summed E-state index contributed by atoms with van der Waals surface area (Å²) in [6.07, 6.45) is 2.32. The topological polar surface area (TPSA) is 86.1 Å². The van der Waals surface area contributed by atoms with Crippen molar-refractivity contribution in [2.45, 2.75) is 18.1 Å². The molecular weight excluding hydrogens is 551 g/mol. The molecule has 2 heterocycles. The number of carbonyl (C=O) groups excluding carboxylic acids is 2. The van der Waals surface area contributed by atoms with Gasteiger partial charge in [-0.2, -0.15) is 0 Å². The molecule has 2 aromatic carbocycles. The molecule has 1 N–H and O–H groups in total. The van der Waals surface area contributed by atoms with E-state index in [0.29, 0.717) is 44.3 Å². The van der Waals surface area contributed by atoms with Gasteiger partial charge >= 0.3 is 5.97 Å². The number of methoxy groups -OCH3 is 1. The van der Waals surface area contributed by atoms with Crippen LogP contribution < -0.4 is 5.32 Å². The van der Waals surface area contributed by atoms with E-state index in [1.165, 1.54) is 30.2 Å². The maximum atomic E-state index is 12.9. The summed E-state index contributed by atoms with van der Waals surface area (Å²) >= 11 is 14.5. The monoisotopic (exact) mass is 572 g/mol. The Morgan fingerprint density at radius 1 is 1.11 bits per heavy atom. The van der Waals surface area contributed by atoms with E-state index >= 15 is 0 Å². The number of benzene rings is 2. The van der Waals surface area contributed by atoms with Gasteiger partial charge in [0.1, 0.15) is 16.4 Å². The lowest BCUT2D eigenvalue weighted by atomic mass is 10.0. The molecule has 0 saturated heterocycles. The molecule has 4 aromatic rings. The molecule has 7 nitrogen and oxygen atoms in total. The van der Waals surface area contributed by atoms with Crippen LogP contribution in [0, 0.1) is 0 Å². The smallest absolute Gasteiger partial charge is 0.341 e. The van der Waals surface area contributed by atoms with Crippen molar-refractivity contribution in [1.82, 2.24) is 14.8 Å². The van der Waals surface area contributed by atoms with Gasteiger partial charge in [-0.15, -0.1) is 28.1 Å². The van der Waals surface area contributed by atoms with Gasteiger partial charge in [-0.3, -0.25) is 4.79 Å². The Kier molecular flexibility index (Phi) is 9.04. The summed E-state index contributed by atoms with van der Waals surface area (Å²) in [6, 6.07) is 14.6. The molecule has 4 rings (SSSR count). The van der Waals surface area contributed by atoms with Gasteiger partial charge in [0.05, 0.1) is 12.9 Å². The number of hydrogen-bond acceptors (Lipinski definition) is 7. The van der Waals surface area contributed by atoms with E-state index in [4.69, 9.17) is 27.9 Å². The third-order valence-corrected chi connectivity index (χ3v) is 7.67. The number of carbonyl (C=O) groups is 2. The Labute approximate surface area is 232 Å². The molecule has 0 radical (unpaired) electrons. The van der Waals surface area contributed by atoms with Gasteiger partial charge in [0.2, 0.25) is 5.91 Å². The molecular formula is C26H22Cl2N4O3S2. The predicted octanol–water partition coefficient (Wildman–Crippen LogP) is 6.61. The minimum atomic E-state index is -0.535. The van der Waals surface area contributed by atoms with Gasteiger partial charge in [-0.1, -0.05) is 65.3 Å². The second-order valence-corrected chi connectivity index (χ2v) is 10.5. The third-order valence-electron chi connectivity index (χ3n) is 5.30. The lowest BCUT2D eigenvalue weighted by molar-refractivity contribution is -0.113. The number of hydrogen-bond donors (Lipinski definition) is 1. The first-order valence-electron chi connectivity index (χ1n) is 11.1. The highest BCUT2D eigenvalue weighted by Crippen LogP contribution is 2.36. The summed E-state index contributed by atoms with van der Waals surface area (Å²) in [7, 11) is 1.31. The van der Waals surface area contributed by atoms with E-state index in [0.717, 1.165) is 17.0 Å². The van der Waals surface area contributed by atoms with Crippen molar-refractivity contribution in [1.29, 1.82) is 0 Å². The summed E-state index contributed by atoms with van der Waals surface area (Å²) in [5, 5.41) is 15.5. The van der Waals surface area contributed by atoms with E-state index < -0.39 is 5.97 Å². The molecule has 0 spiro atoms. The second kappa shape index (κ2) is 12.4. The molecule has 11 heteroatoms. The number of anilines is 1. The Bertz CT molecular complexity index is 1420. The number of esters is 1. The highest BCUT2D eigenvalue weighted by molar-refractivity contribution is 7.99. The molecule has 37 heavy (non-hydrogen) atoms. The van der Waals surface area contributed by atoms with Crippen LogP contribution in [0.4, 0.5) is 5.00 Å². The van der Waals surface area contributed by atoms with Crippen LogP contribution in [-0.2, 0) is 22.5 Å². The summed E-state index contributed by atoms with van der Waals surface area (Å²) in [5.74, 6) is 0.00752. The summed E-state index contributed by atoms with van der Waals surface area (Å²) < 4.78 is 6.90. The van der Waals surface area contributed by atoms with Crippen LogP contribution in [0.15, 0.2) is 71.7 Å². The number of amides is 1. The van der Waals surface area contributed by atoms with Gasteiger partial charge < -0.3 is 14.6 Å². The van der Waals surface area contributed by atoms with Crippen molar-refractivity contribution in [3.63, 3.8) is 0 Å². The molecule has 0 aliphatic rings. The largest absolute Gasteiger partial charge is 0.465 e. The number of thioether (sulfide) groups is 1. The molecule has 0 fully saturated rings. The summed E-state index contributed by atoms with van der Waals surface area (Å²) in [6.45, 7) is 4.32. The molecule has 2 aromatic heterocycles. The zero-order chi connectivity index (χ0) is 26.4. The Morgan fingerprint density at radius 3 is 2.43 bits per heavy atom. The molecule has 0 bridgehead atoms. The lowest BCUT2D eigenvalue weighted by Gasteiger charge is -2.09. The van der Waals surface area contributed by atoms with E-state index in [1.807, 2.05) is 46.3 Å². The fourth-order valence-corrected chi connectivity index (χ4v) is 5.54. The SMILES string of the molecule is C=CCn1c(Cc2ccc(Cl)cc2)nnc1SCC(=O)Nc1scc(-c2ccc(Cl)cc2)c1C(=O)OC. The first kappa shape index (κ1) is 26.9. The molecule has 0 unspecified atom stereocenters. The van der Waals surface area contributed by atoms with E-state index in [9.17, 15) is 9.59 Å². The van der Waals surface area contributed by atoms with Crippen molar-refractivity contribution >= 4 is 63.2 Å². The fourth-order valence-electron chi connectivity index (χ4n) is 3.54. The fraction of sp³-hybridized carbons (Fsp3) is 0.154. The van der Waals surface area contributed by atoms with E-state index in [1.54, 1.807) is 18.2 Å². The number of aromatic nitrogens is 3. The summed E-state index contributed by atoms with van der Waals surface area (Å²) in [5.41, 5.74) is 2.80. The van der Waals surface area contributed by atoms with Gasteiger partial charge in [-0.05, 0) is 35.4 Å². The number of nitrogens with one attached hydrogen (secondary N) is 1. The predicted molar refractivity (Wildman–Crippen MR) is 150 cm³/mol. The first-order valence-corrected chi connectivity index (χ1v) is 13.7. The number of rotatable bonds is 10. The average Bonchev–Trinajstić information content (AvgIpc) is 3.48. The minimum absolute atomic E-state index is 0.0744. The number of ether oxygens (including phenoxy) is 1. The van der Waals surface area contributed by atoms with Gasteiger partial charge in [0.15, 0.2) is 5.16 Å². The quantitative estimate of drug-likeness (QED) is 0.131. The van der Waals surface area contributed by atoms with Crippen LogP contribution in [0.25, 0.3) is 11.1 Å². The van der Waals surface area contributed by atoms with Crippen LogP contribution in [0.1, 0.15) is 21.7 Å². The average molecular weight is 574 g/mol. The molecule has 0 aliphatic heterocycles. The van der Waals surface area contributed by atoms with Crippen molar-refractivity contribution in [2.24, 2.45) is 0 Å². The maximum Gasteiger partial charge on any atom is 0.341 e. The van der Waals surface area contributed by atoms with Crippen LogP contribution in [0.2, 0.25) is 10.0 Å². The Morgan fingerprint density at radius 2 is 1.78 bits per heavy atom. The molecule has 0 atom stereocenters. The van der Waals surface area contributed by atoms with Crippen molar-refractivity contribution < 1.29 is 14.3 Å². The number of allylic oxidation sites excluding steroid dienone is 1. The second-order valence-electron chi connectivity index (χ2n) is 7.79. The van der Waals surface area contributed by atoms with Gasteiger partial charge in [0, 0.05) is 34.0 Å². The molecule has 190 valence electrons. The van der Waals surface area contributed by atoms with E-state index in [2.05, 4.69) is 22.1 Å². The number of thiophene rings is 1. The highest BCUT2D eigenvalue weighted by Gasteiger charge is 2.23. The molecule has 0 saturated carbocycles. The van der Waals surface area contributed by atoms with Crippen molar-refractivity contribution in [3.8, 4) is 11.1 Å². The molecule has 0 aliphatic carbocycles. The minimum Gasteiger partial charge on any atom is -0.465 e. The molecule has 1 amide bonds. The van der Waals surface area contributed by atoms with Crippen molar-refractivity contribution in [3.05, 3.63) is 93.6 Å². The Balaban J connectivity index is 1.48. The number of halogens is 2. The normalized spacial score (nSPS) is 10.8. The lowest BCUT2D eigenvalue weighted by Crippen LogP contribution is -2.16. The maximum absolute atomic E-state index is 12.9. The standard InChI is InChI=1S/C26H22Cl2N4O3S2/c1-3-12-32-21(13-16-4-8-18(27)9-5-16)30-31-26(32)37-15-22(33)29-24-23(25(34)35-2)20(14-36-24)17-6-10-19(28)11-7-17/h3-11,14H,1,12-13,15H2,2H3,(H,29,33). The zero-order valence-corrected chi connectivity index (χ0v) is 22.9. The van der Waals surface area contributed by atoms with Crippen LogP contribution in [-0.4, -0.2) is 39.5 Å². The highest BCUT2D eigenvalue weighted by atomic mass is 35.5. The van der Waals surface area contributed by atoms with Crippen LogP contribution >= 0.6 is 46.3 Å². The number of nitrogens with zero attached hydrogens (tertiary/aromatic N) is 3.